The Hall–Kier alpha value is -3.11. The molecule has 1 heterocycles. The van der Waals surface area contributed by atoms with Gasteiger partial charge in [0.1, 0.15) is 18.0 Å². The van der Waals surface area contributed by atoms with Crippen molar-refractivity contribution in [1.82, 2.24) is 9.88 Å². The first-order chi connectivity index (χ1) is 13.0. The number of urea groups is 1. The maximum atomic E-state index is 12.5. The molecule has 0 aliphatic heterocycles. The molecule has 1 atom stereocenters. The summed E-state index contributed by atoms with van der Waals surface area (Å²) in [6.45, 7) is -2.94. The van der Waals surface area contributed by atoms with Crippen LogP contribution in [0.15, 0.2) is 47.4 Å². The van der Waals surface area contributed by atoms with E-state index in [2.05, 4.69) is 15.4 Å². The zero-order chi connectivity index (χ0) is 20.9. The van der Waals surface area contributed by atoms with E-state index in [4.69, 9.17) is 0 Å². The van der Waals surface area contributed by atoms with E-state index in [1.165, 1.54) is 24.3 Å². The van der Waals surface area contributed by atoms with Crippen molar-refractivity contribution in [3.63, 3.8) is 0 Å². The van der Waals surface area contributed by atoms with Gasteiger partial charge in [-0.25, -0.2) is 4.79 Å². The first-order valence-electron chi connectivity index (χ1n) is 7.93. The van der Waals surface area contributed by atoms with Crippen molar-refractivity contribution in [1.29, 1.82) is 0 Å². The van der Waals surface area contributed by atoms with E-state index in [9.17, 15) is 31.5 Å². The third-order valence-electron chi connectivity index (χ3n) is 3.55. The lowest BCUT2D eigenvalue weighted by atomic mass is 10.1. The second-order valence-electron chi connectivity index (χ2n) is 5.74. The maximum Gasteiger partial charge on any atom is 0.406 e. The van der Waals surface area contributed by atoms with Crippen LogP contribution in [0.2, 0.25) is 0 Å². The fourth-order valence-electron chi connectivity index (χ4n) is 2.35. The van der Waals surface area contributed by atoms with Crippen LogP contribution in [0.4, 0.5) is 32.4 Å². The number of amides is 2. The highest BCUT2D eigenvalue weighted by molar-refractivity contribution is 5.89. The van der Waals surface area contributed by atoms with Crippen LogP contribution in [-0.4, -0.2) is 23.4 Å². The normalized spacial score (nSPS) is 12.5. The van der Waals surface area contributed by atoms with Crippen LogP contribution in [-0.2, 0) is 6.54 Å². The van der Waals surface area contributed by atoms with Gasteiger partial charge in [0.2, 0.25) is 0 Å². The van der Waals surface area contributed by atoms with Gasteiger partial charge in [-0.1, -0.05) is 12.1 Å². The first-order valence-corrected chi connectivity index (χ1v) is 7.93. The largest absolute Gasteiger partial charge is 0.435 e. The number of rotatable bonds is 6. The van der Waals surface area contributed by atoms with E-state index in [0.717, 1.165) is 12.3 Å². The highest BCUT2D eigenvalue weighted by Crippen LogP contribution is 2.21. The molecule has 0 aliphatic carbocycles. The topological polar surface area (TPSA) is 72.4 Å². The zero-order valence-electron chi connectivity index (χ0n) is 14.5. The van der Waals surface area contributed by atoms with Gasteiger partial charge in [0, 0.05) is 6.20 Å². The van der Waals surface area contributed by atoms with Crippen LogP contribution in [0.5, 0.6) is 5.75 Å². The minimum absolute atomic E-state index is 0.0975. The monoisotopic (exact) mass is 405 g/mol. The molecule has 28 heavy (non-hydrogen) atoms. The van der Waals surface area contributed by atoms with Crippen LogP contribution in [0, 0.1) is 0 Å². The van der Waals surface area contributed by atoms with Gasteiger partial charge in [-0.15, -0.1) is 0 Å². The number of carbonyl (C=O) groups excluding carboxylic acids is 1. The van der Waals surface area contributed by atoms with Crippen LogP contribution < -0.4 is 20.9 Å². The van der Waals surface area contributed by atoms with Gasteiger partial charge >= 0.3 is 18.8 Å². The average Bonchev–Trinajstić information content (AvgIpc) is 2.57. The van der Waals surface area contributed by atoms with Crippen molar-refractivity contribution in [3.8, 4) is 5.75 Å². The van der Waals surface area contributed by atoms with Crippen molar-refractivity contribution in [2.45, 2.75) is 32.3 Å². The summed E-state index contributed by atoms with van der Waals surface area (Å²) in [4.78, 5) is 24.1. The number of benzene rings is 1. The molecule has 0 fully saturated rings. The predicted molar refractivity (Wildman–Crippen MR) is 90.4 cm³/mol. The van der Waals surface area contributed by atoms with Gasteiger partial charge in [0.15, 0.2) is 0 Å². The minimum atomic E-state index is -4.59. The highest BCUT2D eigenvalue weighted by atomic mass is 19.4. The van der Waals surface area contributed by atoms with Crippen molar-refractivity contribution in [2.24, 2.45) is 0 Å². The zero-order valence-corrected chi connectivity index (χ0v) is 14.5. The number of nitrogens with zero attached hydrogens (tertiary/aromatic N) is 1. The van der Waals surface area contributed by atoms with Gasteiger partial charge in [-0.2, -0.15) is 22.0 Å². The van der Waals surface area contributed by atoms with Crippen LogP contribution >= 0.6 is 0 Å². The molecular formula is C17H16F5N3O3. The van der Waals surface area contributed by atoms with Gasteiger partial charge < -0.3 is 19.9 Å². The Kier molecular flexibility index (Phi) is 6.60. The van der Waals surface area contributed by atoms with Crippen molar-refractivity contribution < 1.29 is 31.5 Å². The van der Waals surface area contributed by atoms with Gasteiger partial charge in [0.25, 0.3) is 5.56 Å². The second-order valence-corrected chi connectivity index (χ2v) is 5.74. The lowest BCUT2D eigenvalue weighted by molar-refractivity contribution is -0.141. The van der Waals surface area contributed by atoms with Crippen molar-refractivity contribution in [3.05, 3.63) is 58.5 Å². The second kappa shape index (κ2) is 8.72. The Morgan fingerprint density at radius 1 is 1.21 bits per heavy atom. The number of aromatic nitrogens is 1. The standard InChI is InChI=1S/C17H16F5N3O3/c1-10(11-4-2-5-12(8-11)28-15(18)19)23-16(27)24-13-6-3-7-25(14(13)26)9-17(20,21)22/h2-8,10,15H,9H2,1H3,(H2,23,24,27)/t10-/m1/s1. The van der Waals surface area contributed by atoms with E-state index in [1.807, 2.05) is 0 Å². The number of hydrogen-bond donors (Lipinski definition) is 2. The van der Waals surface area contributed by atoms with Gasteiger partial charge in [0.05, 0.1) is 6.04 Å². The fourth-order valence-corrected chi connectivity index (χ4v) is 2.35. The fraction of sp³-hybridized carbons (Fsp3) is 0.294. The maximum absolute atomic E-state index is 12.5. The molecular weight excluding hydrogens is 389 g/mol. The number of anilines is 1. The van der Waals surface area contributed by atoms with Crippen molar-refractivity contribution in [2.75, 3.05) is 5.32 Å². The molecule has 2 aromatic rings. The predicted octanol–water partition coefficient (Wildman–Crippen LogP) is 3.89. The third kappa shape index (κ3) is 6.25. The molecule has 0 bridgehead atoms. The summed E-state index contributed by atoms with van der Waals surface area (Å²) in [6, 6.07) is 6.47. The van der Waals surface area contributed by atoms with Gasteiger partial charge in [-0.3, -0.25) is 4.79 Å². The molecule has 2 N–H and O–H groups in total. The minimum Gasteiger partial charge on any atom is -0.435 e. The lowest BCUT2D eigenvalue weighted by Gasteiger charge is -2.16. The van der Waals surface area contributed by atoms with Crippen molar-refractivity contribution >= 4 is 11.7 Å². The summed E-state index contributed by atoms with van der Waals surface area (Å²) in [5.41, 5.74) is -0.919. The summed E-state index contributed by atoms with van der Waals surface area (Å²) >= 11 is 0. The number of carbonyl (C=O) groups is 1. The quantitative estimate of drug-likeness (QED) is 0.717. The molecule has 0 aliphatic rings. The molecule has 0 radical (unpaired) electrons. The van der Waals surface area contributed by atoms with Crippen LogP contribution in [0.1, 0.15) is 18.5 Å². The summed E-state index contributed by atoms with van der Waals surface area (Å²) < 4.78 is 66.7. The summed E-state index contributed by atoms with van der Waals surface area (Å²) in [5.74, 6) is -0.0975. The number of halogens is 5. The molecule has 152 valence electrons. The van der Waals surface area contributed by atoms with E-state index in [0.29, 0.717) is 10.1 Å². The Morgan fingerprint density at radius 2 is 1.93 bits per heavy atom. The SMILES string of the molecule is C[C@@H](NC(=O)Nc1cccn(CC(F)(F)F)c1=O)c1cccc(OC(F)F)c1. The van der Waals surface area contributed by atoms with E-state index in [1.54, 1.807) is 13.0 Å². The average molecular weight is 405 g/mol. The molecule has 2 amide bonds. The Balaban J connectivity index is 2.06. The summed E-state index contributed by atoms with van der Waals surface area (Å²) in [5, 5.41) is 4.64. The van der Waals surface area contributed by atoms with E-state index < -0.39 is 37.0 Å². The smallest absolute Gasteiger partial charge is 0.406 e. The summed E-state index contributed by atoms with van der Waals surface area (Å²) in [7, 11) is 0. The number of alkyl halides is 5. The molecule has 1 aromatic heterocycles. The van der Waals surface area contributed by atoms with Crippen LogP contribution in [0.25, 0.3) is 0 Å². The molecule has 0 saturated heterocycles. The molecule has 0 saturated carbocycles. The Morgan fingerprint density at radius 3 is 2.57 bits per heavy atom. The van der Waals surface area contributed by atoms with E-state index in [-0.39, 0.29) is 11.4 Å². The van der Waals surface area contributed by atoms with Gasteiger partial charge in [-0.05, 0) is 36.8 Å². The molecule has 0 unspecified atom stereocenters. The van der Waals surface area contributed by atoms with E-state index >= 15 is 0 Å². The number of nitrogens with one attached hydrogen (secondary N) is 2. The number of pyridine rings is 1. The number of hydrogen-bond acceptors (Lipinski definition) is 3. The molecule has 11 heteroatoms. The van der Waals surface area contributed by atoms with Crippen LogP contribution in [0.3, 0.4) is 0 Å². The molecule has 1 aromatic carbocycles. The molecule has 2 rings (SSSR count). The first kappa shape index (κ1) is 21.2. The Labute approximate surface area is 155 Å². The summed E-state index contributed by atoms with van der Waals surface area (Å²) in [6.07, 6.45) is -3.64. The molecule has 6 nitrogen and oxygen atoms in total. The lowest BCUT2D eigenvalue weighted by Crippen LogP contribution is -2.35. The molecule has 0 spiro atoms. The Bertz CT molecular complexity index is 883. The number of ether oxygens (including phenoxy) is 1. The highest BCUT2D eigenvalue weighted by Gasteiger charge is 2.28. The third-order valence-corrected chi connectivity index (χ3v) is 3.55.